The third-order valence-corrected chi connectivity index (χ3v) is 1.48. The number of alkyl halides is 3. The molecule has 0 radical (unpaired) electrons. The summed E-state index contributed by atoms with van der Waals surface area (Å²) < 4.78 is 39.4. The fourth-order valence-electron chi connectivity index (χ4n) is 0.974. The van der Waals surface area contributed by atoms with Gasteiger partial charge in [0.1, 0.15) is 5.75 Å². The number of hydrogen-bond donors (Lipinski definition) is 2. The molecule has 0 aromatic heterocycles. The molecule has 0 spiro atoms. The summed E-state index contributed by atoms with van der Waals surface area (Å²) in [5.74, 6) is -0.639. The van der Waals surface area contributed by atoms with Gasteiger partial charge in [0.15, 0.2) is 6.19 Å². The Morgan fingerprint density at radius 2 is 2.18 bits per heavy atom. The molecular weight excluding hydrogens is 237 g/mol. The highest BCUT2D eigenvalue weighted by Crippen LogP contribution is 2.25. The lowest BCUT2D eigenvalue weighted by atomic mass is 10.3. The van der Waals surface area contributed by atoms with Crippen LogP contribution in [0.2, 0.25) is 0 Å². The Kier molecular flexibility index (Phi) is 3.77. The lowest BCUT2D eigenvalue weighted by molar-refractivity contribution is -0.274. The fourth-order valence-corrected chi connectivity index (χ4v) is 0.974. The van der Waals surface area contributed by atoms with Crippen LogP contribution in [0.25, 0.3) is 0 Å². The summed E-state index contributed by atoms with van der Waals surface area (Å²) in [5, 5.41) is 10.3. The van der Waals surface area contributed by atoms with E-state index in [0.29, 0.717) is 0 Å². The maximum absolute atomic E-state index is 11.9. The van der Waals surface area contributed by atoms with Crippen molar-refractivity contribution >= 4 is 11.6 Å². The second kappa shape index (κ2) is 5.07. The van der Waals surface area contributed by atoms with Crippen LogP contribution in [0.15, 0.2) is 29.3 Å². The first kappa shape index (κ1) is 12.6. The van der Waals surface area contributed by atoms with E-state index in [1.54, 1.807) is 0 Å². The highest BCUT2D eigenvalue weighted by molar-refractivity contribution is 5.82. The predicted octanol–water partition coefficient (Wildman–Crippen LogP) is 1.60. The average Bonchev–Trinajstić information content (AvgIpc) is 2.15. The standard InChI is InChI=1S/C9H7F3N4O/c10-9(11,12)17-7-3-1-2-6(4-7)16-8(14)15-5-13/h1-4H,(H3,14,15,16). The molecule has 0 aliphatic rings. The van der Waals surface area contributed by atoms with Gasteiger partial charge in [-0.05, 0) is 12.1 Å². The van der Waals surface area contributed by atoms with E-state index in [1.165, 1.54) is 18.3 Å². The molecule has 1 aromatic carbocycles. The second-order valence-corrected chi connectivity index (χ2v) is 2.78. The number of guanidine groups is 1. The first-order valence-corrected chi connectivity index (χ1v) is 4.26. The Bertz CT molecular complexity index is 464. The summed E-state index contributed by atoms with van der Waals surface area (Å²) in [4.78, 5) is 3.65. The smallest absolute Gasteiger partial charge is 0.406 e. The largest absolute Gasteiger partial charge is 0.573 e. The molecule has 3 N–H and O–H groups in total. The first-order valence-electron chi connectivity index (χ1n) is 4.26. The third-order valence-electron chi connectivity index (χ3n) is 1.48. The number of nitriles is 1. The van der Waals surface area contributed by atoms with Crippen LogP contribution in [-0.2, 0) is 0 Å². The Hall–Kier alpha value is -2.43. The van der Waals surface area contributed by atoms with Crippen LogP contribution >= 0.6 is 0 Å². The van der Waals surface area contributed by atoms with Crippen LogP contribution in [0.5, 0.6) is 5.75 Å². The lowest BCUT2D eigenvalue weighted by Crippen LogP contribution is -2.26. The van der Waals surface area contributed by atoms with Crippen LogP contribution in [0, 0.1) is 11.5 Å². The summed E-state index contributed by atoms with van der Waals surface area (Å²) in [7, 11) is 0. The van der Waals surface area contributed by atoms with E-state index < -0.39 is 12.1 Å². The minimum absolute atomic E-state index is 0.131. The Balaban J connectivity index is 2.87. The predicted molar refractivity (Wildman–Crippen MR) is 53.2 cm³/mol. The molecule has 17 heavy (non-hydrogen) atoms. The quantitative estimate of drug-likeness (QED) is 0.358. The van der Waals surface area contributed by atoms with Gasteiger partial charge in [-0.3, -0.25) is 5.32 Å². The Labute approximate surface area is 94.3 Å². The highest BCUT2D eigenvalue weighted by atomic mass is 19.4. The summed E-state index contributed by atoms with van der Waals surface area (Å²) in [6.07, 6.45) is -3.24. The zero-order chi connectivity index (χ0) is 12.9. The molecule has 8 heteroatoms. The number of nitrogens with zero attached hydrogens (tertiary/aromatic N) is 2. The van der Waals surface area contributed by atoms with Gasteiger partial charge in [0.2, 0.25) is 5.96 Å². The van der Waals surface area contributed by atoms with Crippen molar-refractivity contribution in [2.45, 2.75) is 6.36 Å². The number of nitrogens with one attached hydrogen (secondary N) is 1. The normalized spacial score (nSPS) is 11.8. The summed E-state index contributed by atoms with van der Waals surface area (Å²) in [6.45, 7) is 0. The molecule has 0 amide bonds. The number of ether oxygens (including phenoxy) is 1. The Morgan fingerprint density at radius 3 is 2.76 bits per heavy atom. The van der Waals surface area contributed by atoms with E-state index in [1.807, 2.05) is 5.32 Å². The molecule has 90 valence electrons. The van der Waals surface area contributed by atoms with Gasteiger partial charge in [-0.15, -0.1) is 13.2 Å². The van der Waals surface area contributed by atoms with E-state index in [9.17, 15) is 13.2 Å². The van der Waals surface area contributed by atoms with Crippen LogP contribution in [0.1, 0.15) is 0 Å². The van der Waals surface area contributed by atoms with Crippen molar-refractivity contribution in [3.8, 4) is 11.9 Å². The molecular formula is C9H7F3N4O. The van der Waals surface area contributed by atoms with Gasteiger partial charge in [-0.1, -0.05) is 6.07 Å². The van der Waals surface area contributed by atoms with Crippen molar-refractivity contribution in [1.29, 1.82) is 5.26 Å². The third kappa shape index (κ3) is 4.74. The van der Waals surface area contributed by atoms with Gasteiger partial charge in [-0.25, -0.2) is 4.99 Å². The van der Waals surface area contributed by atoms with Crippen LogP contribution in [-0.4, -0.2) is 12.3 Å². The van der Waals surface area contributed by atoms with Crippen LogP contribution < -0.4 is 15.8 Å². The van der Waals surface area contributed by atoms with Crippen LogP contribution in [0.3, 0.4) is 0 Å². The minimum Gasteiger partial charge on any atom is -0.406 e. The van der Waals surface area contributed by atoms with Crippen molar-refractivity contribution in [3.05, 3.63) is 24.3 Å². The number of rotatable bonds is 2. The molecule has 1 rings (SSSR count). The lowest BCUT2D eigenvalue weighted by Gasteiger charge is -2.08. The average molecular weight is 244 g/mol. The van der Waals surface area contributed by atoms with E-state index >= 15 is 0 Å². The van der Waals surface area contributed by atoms with Gasteiger partial charge in [0.05, 0.1) is 5.69 Å². The molecule has 0 bridgehead atoms. The van der Waals surface area contributed by atoms with Crippen molar-refractivity contribution < 1.29 is 17.9 Å². The Morgan fingerprint density at radius 1 is 1.47 bits per heavy atom. The van der Waals surface area contributed by atoms with Gasteiger partial charge in [0, 0.05) is 6.07 Å². The van der Waals surface area contributed by atoms with Crippen molar-refractivity contribution in [3.63, 3.8) is 0 Å². The van der Waals surface area contributed by atoms with Gasteiger partial charge in [0.25, 0.3) is 0 Å². The molecule has 0 heterocycles. The fraction of sp³-hybridized carbons (Fsp3) is 0.111. The van der Waals surface area contributed by atoms with E-state index in [0.717, 1.165) is 12.1 Å². The zero-order valence-corrected chi connectivity index (χ0v) is 8.32. The topological polar surface area (TPSA) is 83.4 Å². The molecule has 0 fully saturated rings. The van der Waals surface area contributed by atoms with E-state index in [-0.39, 0.29) is 11.6 Å². The number of benzene rings is 1. The molecule has 0 atom stereocenters. The molecule has 1 aromatic rings. The number of aliphatic imine (C=N–C) groups is 1. The second-order valence-electron chi connectivity index (χ2n) is 2.78. The summed E-state index contributed by atoms with van der Waals surface area (Å²) in [6, 6.07) is 4.90. The van der Waals surface area contributed by atoms with E-state index in [4.69, 9.17) is 11.0 Å². The summed E-state index contributed by atoms with van der Waals surface area (Å²) >= 11 is 0. The number of halogens is 3. The van der Waals surface area contributed by atoms with Gasteiger partial charge < -0.3 is 10.5 Å². The highest BCUT2D eigenvalue weighted by Gasteiger charge is 2.31. The van der Waals surface area contributed by atoms with Crippen molar-refractivity contribution in [2.24, 2.45) is 10.7 Å². The molecule has 0 aliphatic heterocycles. The molecule has 0 unspecified atom stereocenters. The molecule has 0 saturated carbocycles. The SMILES string of the molecule is N#CNC(N)=Nc1cccc(OC(F)(F)F)c1. The minimum atomic E-state index is -4.77. The van der Waals surface area contributed by atoms with Crippen molar-refractivity contribution in [1.82, 2.24) is 5.32 Å². The maximum atomic E-state index is 11.9. The number of nitrogens with two attached hydrogens (primary N) is 1. The van der Waals surface area contributed by atoms with Crippen LogP contribution in [0.4, 0.5) is 18.9 Å². The number of hydrogen-bond acceptors (Lipinski definition) is 3. The van der Waals surface area contributed by atoms with Crippen molar-refractivity contribution in [2.75, 3.05) is 0 Å². The zero-order valence-electron chi connectivity index (χ0n) is 8.32. The van der Waals surface area contributed by atoms with Gasteiger partial charge in [-0.2, -0.15) is 5.26 Å². The first-order chi connectivity index (χ1) is 7.90. The van der Waals surface area contributed by atoms with Gasteiger partial charge >= 0.3 is 6.36 Å². The molecule has 0 saturated heterocycles. The summed E-state index contributed by atoms with van der Waals surface area (Å²) in [5.41, 5.74) is 5.38. The monoisotopic (exact) mass is 244 g/mol. The molecule has 5 nitrogen and oxygen atoms in total. The van der Waals surface area contributed by atoms with E-state index in [2.05, 4.69) is 9.73 Å². The maximum Gasteiger partial charge on any atom is 0.573 e. The molecule has 0 aliphatic carbocycles.